The lowest BCUT2D eigenvalue weighted by atomic mass is 10.2. The van der Waals surface area contributed by atoms with E-state index in [1.165, 1.54) is 4.90 Å². The number of hydrogen-bond acceptors (Lipinski definition) is 7. The van der Waals surface area contributed by atoms with Crippen LogP contribution < -0.4 is 15.5 Å². The summed E-state index contributed by atoms with van der Waals surface area (Å²) in [7, 11) is 0. The van der Waals surface area contributed by atoms with Crippen LogP contribution in [0, 0.1) is 17.2 Å². The number of nitrogens with zero attached hydrogens (tertiary/aromatic N) is 3. The fourth-order valence-corrected chi connectivity index (χ4v) is 2.91. The van der Waals surface area contributed by atoms with Crippen LogP contribution >= 0.6 is 0 Å². The summed E-state index contributed by atoms with van der Waals surface area (Å²) in [5, 5.41) is 22.7. The smallest absolute Gasteiger partial charge is 0.407 e. The van der Waals surface area contributed by atoms with Crippen molar-refractivity contribution in [3.05, 3.63) is 29.8 Å². The molecule has 1 fully saturated rings. The SMILES string of the molecule is CC(C)COC(=O)N[C@@H](CNC(=O)CN1CCN(c2ccc(C#N)cc2)CC1=O)C(=O)O. The molecule has 3 N–H and O–H groups in total. The van der Waals surface area contributed by atoms with E-state index in [1.807, 2.05) is 24.8 Å². The molecule has 0 saturated carbocycles. The van der Waals surface area contributed by atoms with Gasteiger partial charge in [0.15, 0.2) is 0 Å². The summed E-state index contributed by atoms with van der Waals surface area (Å²) < 4.78 is 4.89. The highest BCUT2D eigenvalue weighted by Gasteiger charge is 2.27. The van der Waals surface area contributed by atoms with E-state index in [2.05, 4.69) is 10.6 Å². The third-order valence-corrected chi connectivity index (χ3v) is 4.66. The van der Waals surface area contributed by atoms with Crippen LogP contribution in [0.3, 0.4) is 0 Å². The number of carboxylic acid groups (broad SMARTS) is 1. The Labute approximate surface area is 185 Å². The van der Waals surface area contributed by atoms with E-state index in [9.17, 15) is 24.3 Å². The lowest BCUT2D eigenvalue weighted by Crippen LogP contribution is -2.54. The molecule has 1 aromatic rings. The van der Waals surface area contributed by atoms with Crippen molar-refractivity contribution in [1.29, 1.82) is 5.26 Å². The molecule has 1 heterocycles. The van der Waals surface area contributed by atoms with Gasteiger partial charge in [-0.05, 0) is 30.2 Å². The van der Waals surface area contributed by atoms with Crippen molar-refractivity contribution >= 4 is 29.6 Å². The van der Waals surface area contributed by atoms with Crippen molar-refractivity contribution < 1.29 is 29.0 Å². The molecule has 1 aliphatic heterocycles. The number of aliphatic carboxylic acids is 1. The van der Waals surface area contributed by atoms with E-state index in [4.69, 9.17) is 10.00 Å². The van der Waals surface area contributed by atoms with Crippen LogP contribution in [0.2, 0.25) is 0 Å². The van der Waals surface area contributed by atoms with Gasteiger partial charge in [-0.3, -0.25) is 9.59 Å². The Hall–Kier alpha value is -3.81. The average Bonchev–Trinajstić information content (AvgIpc) is 2.76. The predicted octanol–water partition coefficient (Wildman–Crippen LogP) is 0.158. The lowest BCUT2D eigenvalue weighted by molar-refractivity contribution is -0.140. The van der Waals surface area contributed by atoms with Crippen LogP contribution in [-0.4, -0.2) is 79.3 Å². The second-order valence-electron chi connectivity index (χ2n) is 7.73. The highest BCUT2D eigenvalue weighted by molar-refractivity contribution is 5.88. The summed E-state index contributed by atoms with van der Waals surface area (Å²) in [4.78, 5) is 50.9. The van der Waals surface area contributed by atoms with Crippen molar-refractivity contribution in [2.24, 2.45) is 5.92 Å². The van der Waals surface area contributed by atoms with Crippen molar-refractivity contribution in [3.63, 3.8) is 0 Å². The van der Waals surface area contributed by atoms with Crippen LogP contribution in [0.4, 0.5) is 10.5 Å². The van der Waals surface area contributed by atoms with Crippen LogP contribution in [0.5, 0.6) is 0 Å². The molecular weight excluding hydrogens is 418 g/mol. The zero-order valence-electron chi connectivity index (χ0n) is 18.0. The maximum Gasteiger partial charge on any atom is 0.407 e. The number of hydrogen-bond donors (Lipinski definition) is 3. The van der Waals surface area contributed by atoms with E-state index in [-0.39, 0.29) is 38.1 Å². The van der Waals surface area contributed by atoms with Crippen LogP contribution in [-0.2, 0) is 19.1 Å². The Morgan fingerprint density at radius 2 is 1.91 bits per heavy atom. The monoisotopic (exact) mass is 445 g/mol. The van der Waals surface area contributed by atoms with Gasteiger partial charge in [0, 0.05) is 25.3 Å². The molecule has 0 bridgehead atoms. The second-order valence-corrected chi connectivity index (χ2v) is 7.73. The molecule has 11 nitrogen and oxygen atoms in total. The topological polar surface area (TPSA) is 152 Å². The molecule has 2 rings (SSSR count). The molecule has 172 valence electrons. The first-order chi connectivity index (χ1) is 15.2. The first-order valence-corrected chi connectivity index (χ1v) is 10.1. The average molecular weight is 445 g/mol. The number of anilines is 1. The zero-order valence-corrected chi connectivity index (χ0v) is 18.0. The molecular formula is C21H27N5O6. The molecule has 1 aromatic carbocycles. The number of nitriles is 1. The van der Waals surface area contributed by atoms with Crippen LogP contribution in [0.15, 0.2) is 24.3 Å². The number of amides is 3. The van der Waals surface area contributed by atoms with Gasteiger partial charge >= 0.3 is 12.1 Å². The fourth-order valence-electron chi connectivity index (χ4n) is 2.91. The number of rotatable bonds is 9. The third kappa shape index (κ3) is 7.46. The van der Waals surface area contributed by atoms with Gasteiger partial charge in [-0.15, -0.1) is 0 Å². The zero-order chi connectivity index (χ0) is 23.7. The lowest BCUT2D eigenvalue weighted by Gasteiger charge is -2.35. The van der Waals surface area contributed by atoms with E-state index < -0.39 is 24.0 Å². The number of carbonyl (C=O) groups excluding carboxylic acids is 3. The van der Waals surface area contributed by atoms with Crippen LogP contribution in [0.25, 0.3) is 0 Å². The highest BCUT2D eigenvalue weighted by atomic mass is 16.5. The number of carbonyl (C=O) groups is 4. The molecule has 11 heteroatoms. The summed E-state index contributed by atoms with van der Waals surface area (Å²) in [5.41, 5.74) is 1.33. The van der Waals surface area contributed by atoms with Crippen molar-refractivity contribution in [1.82, 2.24) is 15.5 Å². The van der Waals surface area contributed by atoms with Crippen molar-refractivity contribution in [2.75, 3.05) is 44.2 Å². The molecule has 0 unspecified atom stereocenters. The predicted molar refractivity (Wildman–Crippen MR) is 114 cm³/mol. The number of piperazine rings is 1. The standard InChI is InChI=1S/C21H27N5O6/c1-14(2)13-32-21(31)24-17(20(29)30)10-23-18(27)11-26-8-7-25(12-19(26)28)16-5-3-15(9-22)4-6-16/h3-6,14,17H,7-8,10-13H2,1-2H3,(H,23,27)(H,24,31)(H,29,30)/t17-/m0/s1. The number of alkyl carbamates (subject to hydrolysis) is 1. The number of carboxylic acids is 1. The summed E-state index contributed by atoms with van der Waals surface area (Å²) in [6.45, 7) is 4.16. The Morgan fingerprint density at radius 1 is 1.22 bits per heavy atom. The van der Waals surface area contributed by atoms with Gasteiger partial charge in [-0.25, -0.2) is 9.59 Å². The molecule has 3 amide bonds. The van der Waals surface area contributed by atoms with E-state index in [0.717, 1.165) is 5.69 Å². The molecule has 32 heavy (non-hydrogen) atoms. The number of ether oxygens (including phenoxy) is 1. The van der Waals surface area contributed by atoms with Gasteiger partial charge in [0.25, 0.3) is 0 Å². The first kappa shape index (κ1) is 24.5. The van der Waals surface area contributed by atoms with Crippen molar-refractivity contribution in [3.8, 4) is 6.07 Å². The molecule has 0 aromatic heterocycles. The quantitative estimate of drug-likeness (QED) is 0.486. The third-order valence-electron chi connectivity index (χ3n) is 4.66. The molecule has 1 aliphatic rings. The van der Waals surface area contributed by atoms with E-state index in [1.54, 1.807) is 24.3 Å². The van der Waals surface area contributed by atoms with Gasteiger partial charge in [0.05, 0.1) is 31.3 Å². The van der Waals surface area contributed by atoms with E-state index >= 15 is 0 Å². The maximum absolute atomic E-state index is 12.4. The Kier molecular flexibility index (Phi) is 8.83. The molecule has 1 saturated heterocycles. The minimum Gasteiger partial charge on any atom is -0.480 e. The molecule has 0 aliphatic carbocycles. The largest absolute Gasteiger partial charge is 0.480 e. The first-order valence-electron chi connectivity index (χ1n) is 10.1. The van der Waals surface area contributed by atoms with E-state index in [0.29, 0.717) is 18.7 Å². The summed E-state index contributed by atoms with van der Waals surface area (Å²) in [5.74, 6) is -2.01. The fraction of sp³-hybridized carbons (Fsp3) is 0.476. The summed E-state index contributed by atoms with van der Waals surface area (Å²) >= 11 is 0. The minimum atomic E-state index is -1.36. The maximum atomic E-state index is 12.4. The minimum absolute atomic E-state index is 0.0835. The van der Waals surface area contributed by atoms with Crippen molar-refractivity contribution in [2.45, 2.75) is 19.9 Å². The Balaban J connectivity index is 1.80. The summed E-state index contributed by atoms with van der Waals surface area (Å²) in [6, 6.07) is 7.55. The Morgan fingerprint density at radius 3 is 2.47 bits per heavy atom. The number of nitrogens with one attached hydrogen (secondary N) is 2. The van der Waals surface area contributed by atoms with Crippen LogP contribution in [0.1, 0.15) is 19.4 Å². The molecule has 1 atom stereocenters. The summed E-state index contributed by atoms with van der Waals surface area (Å²) in [6.07, 6.45) is -0.880. The van der Waals surface area contributed by atoms with Gasteiger partial charge < -0.3 is 30.3 Å². The highest BCUT2D eigenvalue weighted by Crippen LogP contribution is 2.17. The molecule has 0 spiro atoms. The van der Waals surface area contributed by atoms with Gasteiger partial charge in [0.1, 0.15) is 6.04 Å². The number of benzene rings is 1. The molecule has 0 radical (unpaired) electrons. The van der Waals surface area contributed by atoms with Gasteiger partial charge in [0.2, 0.25) is 11.8 Å². The van der Waals surface area contributed by atoms with Gasteiger partial charge in [-0.1, -0.05) is 13.8 Å². The van der Waals surface area contributed by atoms with Gasteiger partial charge in [-0.2, -0.15) is 5.26 Å². The normalized spacial score (nSPS) is 14.5. The second kappa shape index (κ2) is 11.5. The Bertz CT molecular complexity index is 880.